The van der Waals surface area contributed by atoms with Gasteiger partial charge in [0.25, 0.3) is 0 Å². The van der Waals surface area contributed by atoms with Crippen LogP contribution in [0.15, 0.2) is 35.0 Å². The van der Waals surface area contributed by atoms with Gasteiger partial charge in [0.15, 0.2) is 11.9 Å². The number of rotatable bonds is 19. The van der Waals surface area contributed by atoms with Crippen molar-refractivity contribution < 1.29 is 24.3 Å². The molecule has 0 radical (unpaired) electrons. The molecule has 2 aromatic rings. The van der Waals surface area contributed by atoms with Gasteiger partial charge in [-0.15, -0.1) is 0 Å². The molecule has 2 rings (SSSR count). The number of imidazole rings is 2. The predicted octanol–water partition coefficient (Wildman–Crippen LogP) is -4.11. The normalized spacial score (nSPS) is 13.5. The zero-order valence-corrected chi connectivity index (χ0v) is 23.5. The van der Waals surface area contributed by atoms with Gasteiger partial charge in [-0.05, 0) is 25.7 Å². The molecule has 0 bridgehead atoms. The van der Waals surface area contributed by atoms with Gasteiger partial charge in [0.1, 0.15) is 18.1 Å². The molecule has 0 saturated heterocycles. The third-order valence-corrected chi connectivity index (χ3v) is 6.08. The number of nitrogens with two attached hydrogens (primary N) is 5. The Labute approximate surface area is 246 Å². The Kier molecular flexibility index (Phi) is 13.9. The second kappa shape index (κ2) is 17.6. The largest absolute Gasteiger partial charge is 0.480 e. The molecule has 236 valence electrons. The third-order valence-electron chi connectivity index (χ3n) is 6.08. The maximum Gasteiger partial charge on any atom is 0.326 e. The van der Waals surface area contributed by atoms with Crippen LogP contribution in [0.2, 0.25) is 0 Å². The molecule has 4 atom stereocenters. The number of nitrogens with one attached hydrogen (secondary N) is 5. The average Bonchev–Trinajstić information content (AvgIpc) is 3.65. The van der Waals surface area contributed by atoms with Crippen molar-refractivity contribution in [3.63, 3.8) is 0 Å². The fourth-order valence-corrected chi connectivity index (χ4v) is 3.91. The standard InChI is InChI=1S/C24H40N14O5/c25-15(7-13-9-30-11-34-13)19(39)36-16(3-1-5-32-23(26)27)20(40)38-18(8-14-10-31-12-35-14)21(41)37-17(22(42)43)4-2-6-33-24(28)29/h9-12,15-18H,1-8,25H2,(H,30,34)(H,31,35)(H,36,39)(H,37,41)(H,38,40)(H,42,43)(H4,26,27,32)(H4,28,29,33). The van der Waals surface area contributed by atoms with Crippen LogP contribution in [0.5, 0.6) is 0 Å². The van der Waals surface area contributed by atoms with E-state index in [4.69, 9.17) is 28.7 Å². The summed E-state index contributed by atoms with van der Waals surface area (Å²) in [6, 6.07) is -4.64. The van der Waals surface area contributed by atoms with Crippen LogP contribution in [0.1, 0.15) is 37.1 Å². The van der Waals surface area contributed by atoms with Crippen molar-refractivity contribution in [2.45, 2.75) is 62.7 Å². The van der Waals surface area contributed by atoms with Crippen molar-refractivity contribution in [1.82, 2.24) is 35.9 Å². The molecule has 2 aromatic heterocycles. The highest BCUT2D eigenvalue weighted by Crippen LogP contribution is 2.06. The quantitative estimate of drug-likeness (QED) is 0.0414. The summed E-state index contributed by atoms with van der Waals surface area (Å²) in [6.45, 7) is 0.348. The van der Waals surface area contributed by atoms with Crippen LogP contribution in [0.25, 0.3) is 0 Å². The van der Waals surface area contributed by atoms with Crippen LogP contribution in [-0.4, -0.2) is 97.9 Å². The van der Waals surface area contributed by atoms with Crippen LogP contribution in [-0.2, 0) is 32.0 Å². The van der Waals surface area contributed by atoms with Gasteiger partial charge in [0, 0.05) is 49.7 Å². The molecule has 19 heteroatoms. The lowest BCUT2D eigenvalue weighted by Crippen LogP contribution is -2.57. The van der Waals surface area contributed by atoms with E-state index in [1.165, 1.54) is 25.0 Å². The first kappa shape index (κ1) is 34.0. The fraction of sp³-hybridized carbons (Fsp3) is 0.500. The fourth-order valence-electron chi connectivity index (χ4n) is 3.91. The minimum atomic E-state index is -1.28. The molecule has 43 heavy (non-hydrogen) atoms. The van der Waals surface area contributed by atoms with Crippen molar-refractivity contribution in [1.29, 1.82) is 0 Å². The lowest BCUT2D eigenvalue weighted by molar-refractivity contribution is -0.142. The number of guanidine groups is 2. The van der Waals surface area contributed by atoms with E-state index in [9.17, 15) is 24.3 Å². The molecule has 19 nitrogen and oxygen atoms in total. The van der Waals surface area contributed by atoms with Gasteiger partial charge in [0.2, 0.25) is 17.7 Å². The number of aliphatic imine (C=N–C) groups is 2. The van der Waals surface area contributed by atoms with E-state index in [0.29, 0.717) is 17.8 Å². The van der Waals surface area contributed by atoms with Gasteiger partial charge in [-0.3, -0.25) is 24.4 Å². The van der Waals surface area contributed by atoms with E-state index in [0.717, 1.165) is 0 Å². The summed E-state index contributed by atoms with van der Waals surface area (Å²) in [5, 5.41) is 17.3. The van der Waals surface area contributed by atoms with E-state index < -0.39 is 47.9 Å². The molecule has 2 heterocycles. The first-order valence-electron chi connectivity index (χ1n) is 13.4. The van der Waals surface area contributed by atoms with Crippen molar-refractivity contribution >= 4 is 35.6 Å². The number of aromatic nitrogens is 4. The Morgan fingerprint density at radius 2 is 1.21 bits per heavy atom. The predicted molar refractivity (Wildman–Crippen MR) is 156 cm³/mol. The van der Waals surface area contributed by atoms with Crippen LogP contribution in [0.3, 0.4) is 0 Å². The highest BCUT2D eigenvalue weighted by Gasteiger charge is 2.30. The number of hydrogen-bond acceptors (Lipinski definition) is 9. The Balaban J connectivity index is 2.18. The second-order valence-electron chi connectivity index (χ2n) is 9.59. The lowest BCUT2D eigenvalue weighted by Gasteiger charge is -2.25. The molecule has 0 aromatic carbocycles. The Hall–Kier alpha value is -5.20. The number of carboxylic acid groups (broad SMARTS) is 1. The van der Waals surface area contributed by atoms with Crippen molar-refractivity contribution in [3.8, 4) is 0 Å². The molecule has 0 saturated carbocycles. The summed E-state index contributed by atoms with van der Waals surface area (Å²) in [4.78, 5) is 72.6. The SMILES string of the molecule is NC(N)=NCCCC(NC(=O)C(Cc1cnc[nH]1)NC(=O)C(CCCN=C(N)N)NC(=O)C(N)Cc1cnc[nH]1)C(=O)O. The zero-order valence-electron chi connectivity index (χ0n) is 23.5. The third kappa shape index (κ3) is 12.9. The Bertz CT molecular complexity index is 1220. The van der Waals surface area contributed by atoms with Gasteiger partial charge < -0.3 is 59.7 Å². The molecule has 4 unspecified atom stereocenters. The summed E-state index contributed by atoms with van der Waals surface area (Å²) in [7, 11) is 0. The van der Waals surface area contributed by atoms with Crippen LogP contribution in [0, 0.1) is 0 Å². The number of H-pyrrole nitrogens is 2. The smallest absolute Gasteiger partial charge is 0.326 e. The monoisotopic (exact) mass is 604 g/mol. The molecular weight excluding hydrogens is 564 g/mol. The van der Waals surface area contributed by atoms with Crippen LogP contribution >= 0.6 is 0 Å². The van der Waals surface area contributed by atoms with E-state index in [-0.39, 0.29) is 57.1 Å². The Morgan fingerprint density at radius 3 is 1.70 bits per heavy atom. The molecule has 0 aliphatic carbocycles. The van der Waals surface area contributed by atoms with Gasteiger partial charge in [-0.25, -0.2) is 14.8 Å². The summed E-state index contributed by atoms with van der Waals surface area (Å²) in [5.41, 5.74) is 28.5. The molecule has 0 fully saturated rings. The van der Waals surface area contributed by atoms with Gasteiger partial charge >= 0.3 is 5.97 Å². The van der Waals surface area contributed by atoms with Gasteiger partial charge in [-0.1, -0.05) is 0 Å². The summed E-state index contributed by atoms with van der Waals surface area (Å²) in [5.74, 6) is -3.63. The number of aromatic amines is 2. The maximum absolute atomic E-state index is 13.5. The average molecular weight is 605 g/mol. The molecule has 16 N–H and O–H groups in total. The van der Waals surface area contributed by atoms with E-state index in [1.807, 2.05) is 0 Å². The van der Waals surface area contributed by atoms with Crippen LogP contribution in [0.4, 0.5) is 0 Å². The molecule has 0 aliphatic heterocycles. The van der Waals surface area contributed by atoms with Crippen molar-refractivity contribution in [2.24, 2.45) is 38.7 Å². The molecule has 0 aliphatic rings. The Morgan fingerprint density at radius 1 is 0.744 bits per heavy atom. The van der Waals surface area contributed by atoms with Crippen molar-refractivity contribution in [3.05, 3.63) is 36.4 Å². The first-order valence-corrected chi connectivity index (χ1v) is 13.4. The van der Waals surface area contributed by atoms with E-state index >= 15 is 0 Å². The summed E-state index contributed by atoms with van der Waals surface area (Å²) < 4.78 is 0. The highest BCUT2D eigenvalue weighted by molar-refractivity contribution is 5.94. The molecular formula is C24H40N14O5. The zero-order chi connectivity index (χ0) is 31.8. The minimum absolute atomic E-state index is 0.0280. The summed E-state index contributed by atoms with van der Waals surface area (Å²) >= 11 is 0. The van der Waals surface area contributed by atoms with E-state index in [2.05, 4.69) is 45.9 Å². The number of hydrogen-bond donors (Lipinski definition) is 11. The van der Waals surface area contributed by atoms with Gasteiger partial charge in [0.05, 0.1) is 18.7 Å². The number of carboxylic acids is 1. The molecule has 3 amide bonds. The van der Waals surface area contributed by atoms with Crippen LogP contribution < -0.4 is 44.6 Å². The number of nitrogens with zero attached hydrogens (tertiary/aromatic N) is 4. The van der Waals surface area contributed by atoms with E-state index in [1.54, 1.807) is 0 Å². The minimum Gasteiger partial charge on any atom is -0.480 e. The molecule has 0 spiro atoms. The number of carbonyl (C=O) groups is 4. The maximum atomic E-state index is 13.5. The number of aliphatic carboxylic acids is 1. The summed E-state index contributed by atoms with van der Waals surface area (Å²) in [6.07, 6.45) is 6.62. The lowest BCUT2D eigenvalue weighted by atomic mass is 10.1. The van der Waals surface area contributed by atoms with Crippen molar-refractivity contribution in [2.75, 3.05) is 13.1 Å². The second-order valence-corrected chi connectivity index (χ2v) is 9.59. The first-order chi connectivity index (χ1) is 20.5. The topological polar surface area (TPSA) is 337 Å². The number of amides is 3. The highest BCUT2D eigenvalue weighted by atomic mass is 16.4. The number of carbonyl (C=O) groups excluding carboxylic acids is 3. The van der Waals surface area contributed by atoms with Gasteiger partial charge in [-0.2, -0.15) is 0 Å².